The average Bonchev–Trinajstić information content (AvgIpc) is 3.43. The van der Waals surface area contributed by atoms with E-state index in [0.717, 1.165) is 36.2 Å². The standard InChI is InChI=1S/C25H22ClFN6O/c1-31-23(15-6-4-7-16(26)12-15)18-13-17-8-5-11-21(22(18)29-31)33(17)25(34)24-28-14-32(30-24)20-10-3-2-9-19(20)27/h2-4,6-7,9-10,12,14,17,21H,5,8,11,13H2,1H3. The van der Waals surface area contributed by atoms with Gasteiger partial charge in [0.15, 0.2) is 0 Å². The molecule has 2 atom stereocenters. The van der Waals surface area contributed by atoms with Crippen molar-refractivity contribution < 1.29 is 9.18 Å². The number of para-hydroxylation sites is 1. The summed E-state index contributed by atoms with van der Waals surface area (Å²) >= 11 is 6.26. The quantitative estimate of drug-likeness (QED) is 0.428. The molecule has 0 spiro atoms. The van der Waals surface area contributed by atoms with Crippen molar-refractivity contribution in [3.8, 4) is 16.9 Å². The Bertz CT molecular complexity index is 1410. The van der Waals surface area contributed by atoms with Gasteiger partial charge in [0.2, 0.25) is 5.82 Å². The maximum atomic E-state index is 14.2. The second kappa shape index (κ2) is 8.06. The first-order valence-corrected chi connectivity index (χ1v) is 11.7. The van der Waals surface area contributed by atoms with Crippen molar-refractivity contribution in [1.82, 2.24) is 29.4 Å². The van der Waals surface area contributed by atoms with Crippen LogP contribution in [0.3, 0.4) is 0 Å². The SMILES string of the molecule is Cn1nc2c(c1-c1cccc(Cl)c1)CC1CCCC2N1C(=O)c1ncn(-c2ccccc2F)n1. The monoisotopic (exact) mass is 476 g/mol. The summed E-state index contributed by atoms with van der Waals surface area (Å²) in [5.41, 5.74) is 4.42. The van der Waals surface area contributed by atoms with Crippen molar-refractivity contribution >= 4 is 17.5 Å². The fourth-order valence-corrected chi connectivity index (χ4v) is 5.57. The molecule has 4 heterocycles. The lowest BCUT2D eigenvalue weighted by Gasteiger charge is -2.44. The van der Waals surface area contributed by atoms with Crippen molar-refractivity contribution in [3.63, 3.8) is 0 Å². The third-order valence-corrected chi connectivity index (χ3v) is 7.03. The molecule has 7 nitrogen and oxygen atoms in total. The van der Waals surface area contributed by atoms with E-state index in [9.17, 15) is 9.18 Å². The summed E-state index contributed by atoms with van der Waals surface area (Å²) in [4.78, 5) is 19.7. The van der Waals surface area contributed by atoms with Gasteiger partial charge in [-0.3, -0.25) is 9.48 Å². The molecule has 6 rings (SSSR count). The van der Waals surface area contributed by atoms with E-state index in [1.54, 1.807) is 18.2 Å². The zero-order chi connectivity index (χ0) is 23.4. The van der Waals surface area contributed by atoms with Gasteiger partial charge >= 0.3 is 0 Å². The van der Waals surface area contributed by atoms with Crippen molar-refractivity contribution in [1.29, 1.82) is 0 Å². The van der Waals surface area contributed by atoms with Crippen LogP contribution in [0, 0.1) is 5.82 Å². The molecule has 1 fully saturated rings. The van der Waals surface area contributed by atoms with E-state index in [4.69, 9.17) is 16.7 Å². The van der Waals surface area contributed by atoms with Crippen LogP contribution in [-0.2, 0) is 13.5 Å². The van der Waals surface area contributed by atoms with E-state index in [0.29, 0.717) is 11.4 Å². The van der Waals surface area contributed by atoms with Gasteiger partial charge in [0.25, 0.3) is 5.91 Å². The number of nitrogens with zero attached hydrogens (tertiary/aromatic N) is 6. The van der Waals surface area contributed by atoms with Crippen molar-refractivity contribution in [3.05, 3.63) is 82.8 Å². The number of hydrogen-bond donors (Lipinski definition) is 0. The number of benzene rings is 2. The normalized spacial score (nSPS) is 19.2. The Morgan fingerprint density at radius 3 is 2.79 bits per heavy atom. The van der Waals surface area contributed by atoms with Crippen molar-refractivity contribution in [2.24, 2.45) is 7.05 Å². The van der Waals surface area contributed by atoms with Crippen LogP contribution < -0.4 is 0 Å². The maximum absolute atomic E-state index is 14.2. The van der Waals surface area contributed by atoms with Gasteiger partial charge < -0.3 is 4.90 Å². The van der Waals surface area contributed by atoms with Crippen LogP contribution in [0.25, 0.3) is 16.9 Å². The van der Waals surface area contributed by atoms with E-state index in [1.807, 2.05) is 40.9 Å². The smallest absolute Gasteiger partial charge is 0.294 e. The molecule has 0 saturated carbocycles. The number of rotatable bonds is 3. The van der Waals surface area contributed by atoms with Crippen LogP contribution in [-0.4, -0.2) is 41.4 Å². The van der Waals surface area contributed by atoms with E-state index in [2.05, 4.69) is 10.1 Å². The summed E-state index contributed by atoms with van der Waals surface area (Å²) in [7, 11) is 1.93. The minimum atomic E-state index is -0.423. The molecule has 2 aliphatic rings. The van der Waals surface area contributed by atoms with Gasteiger partial charge in [0.05, 0.1) is 17.4 Å². The Balaban J connectivity index is 1.37. The molecule has 34 heavy (non-hydrogen) atoms. The molecule has 0 N–H and O–H groups in total. The molecule has 9 heteroatoms. The van der Waals surface area contributed by atoms with Gasteiger partial charge in [-0.2, -0.15) is 5.10 Å². The Morgan fingerprint density at radius 2 is 1.97 bits per heavy atom. The number of amides is 1. The second-order valence-electron chi connectivity index (χ2n) is 8.83. The molecule has 1 saturated heterocycles. The first-order valence-electron chi connectivity index (χ1n) is 11.3. The van der Waals surface area contributed by atoms with Crippen LogP contribution in [0.4, 0.5) is 4.39 Å². The number of hydrogen-bond acceptors (Lipinski definition) is 4. The van der Waals surface area contributed by atoms with Gasteiger partial charge in [0.1, 0.15) is 17.8 Å². The molecule has 2 aliphatic heterocycles. The zero-order valence-electron chi connectivity index (χ0n) is 18.5. The molecule has 0 aliphatic carbocycles. The number of halogens is 2. The fourth-order valence-electron chi connectivity index (χ4n) is 5.38. The Hall–Kier alpha value is -3.52. The summed E-state index contributed by atoms with van der Waals surface area (Å²) in [5.74, 6) is -0.604. The maximum Gasteiger partial charge on any atom is 0.294 e. The van der Waals surface area contributed by atoms with E-state index in [1.165, 1.54) is 22.6 Å². The molecule has 2 bridgehead atoms. The highest BCUT2D eigenvalue weighted by Gasteiger charge is 2.44. The largest absolute Gasteiger partial charge is 0.324 e. The molecule has 4 aromatic rings. The van der Waals surface area contributed by atoms with Crippen LogP contribution in [0.15, 0.2) is 54.9 Å². The molecule has 2 aromatic carbocycles. The Labute approximate surface area is 200 Å². The highest BCUT2D eigenvalue weighted by atomic mass is 35.5. The molecule has 2 unspecified atom stereocenters. The number of aryl methyl sites for hydroxylation is 1. The Kier molecular flexibility index (Phi) is 4.99. The minimum absolute atomic E-state index is 0.0290. The molecular formula is C25H22ClFN6O. The molecule has 0 radical (unpaired) electrons. The van der Waals surface area contributed by atoms with Crippen molar-refractivity contribution in [2.45, 2.75) is 37.8 Å². The first-order chi connectivity index (χ1) is 16.5. The van der Waals surface area contributed by atoms with Gasteiger partial charge in [-0.1, -0.05) is 35.9 Å². The second-order valence-corrected chi connectivity index (χ2v) is 9.26. The number of carbonyl (C=O) groups excluding carboxylic acids is 1. The summed E-state index contributed by atoms with van der Waals surface area (Å²) in [5, 5.41) is 9.84. The third-order valence-electron chi connectivity index (χ3n) is 6.79. The average molecular weight is 477 g/mol. The lowest BCUT2D eigenvalue weighted by atomic mass is 9.81. The topological polar surface area (TPSA) is 68.8 Å². The predicted octanol–water partition coefficient (Wildman–Crippen LogP) is 4.75. The van der Waals surface area contributed by atoms with Gasteiger partial charge in [-0.25, -0.2) is 14.1 Å². The van der Waals surface area contributed by atoms with Crippen LogP contribution in [0.5, 0.6) is 0 Å². The highest BCUT2D eigenvalue weighted by Crippen LogP contribution is 2.45. The van der Waals surface area contributed by atoms with E-state index >= 15 is 0 Å². The Morgan fingerprint density at radius 1 is 1.12 bits per heavy atom. The highest BCUT2D eigenvalue weighted by molar-refractivity contribution is 6.30. The predicted molar refractivity (Wildman–Crippen MR) is 125 cm³/mol. The number of aromatic nitrogens is 5. The number of fused-ring (bicyclic) bond motifs is 4. The first kappa shape index (κ1) is 21.0. The zero-order valence-corrected chi connectivity index (χ0v) is 19.3. The summed E-state index contributed by atoms with van der Waals surface area (Å²) in [6, 6.07) is 14.0. The van der Waals surface area contributed by atoms with E-state index < -0.39 is 5.82 Å². The van der Waals surface area contributed by atoms with E-state index in [-0.39, 0.29) is 29.5 Å². The number of carbonyl (C=O) groups is 1. The number of piperidine rings is 1. The van der Waals surface area contributed by atoms with Gasteiger partial charge in [0, 0.05) is 29.2 Å². The van der Waals surface area contributed by atoms with Crippen LogP contribution in [0.1, 0.15) is 47.2 Å². The summed E-state index contributed by atoms with van der Waals surface area (Å²) in [6.45, 7) is 0. The molecule has 1 amide bonds. The molecule has 172 valence electrons. The lowest BCUT2D eigenvalue weighted by Crippen LogP contribution is -2.50. The van der Waals surface area contributed by atoms with Crippen LogP contribution in [0.2, 0.25) is 5.02 Å². The fraction of sp³-hybridized carbons (Fsp3) is 0.280. The lowest BCUT2D eigenvalue weighted by molar-refractivity contribution is 0.0379. The summed E-state index contributed by atoms with van der Waals surface area (Å²) < 4.78 is 17.4. The molecule has 2 aromatic heterocycles. The minimum Gasteiger partial charge on any atom is -0.324 e. The van der Waals surface area contributed by atoms with Gasteiger partial charge in [-0.15, -0.1) is 5.10 Å². The summed E-state index contributed by atoms with van der Waals surface area (Å²) in [6.07, 6.45) is 4.85. The third kappa shape index (κ3) is 3.32. The van der Waals surface area contributed by atoms with Crippen molar-refractivity contribution in [2.75, 3.05) is 0 Å². The molecular weight excluding hydrogens is 455 g/mol. The van der Waals surface area contributed by atoms with Crippen LogP contribution >= 0.6 is 11.6 Å². The van der Waals surface area contributed by atoms with Gasteiger partial charge in [-0.05, 0) is 49.9 Å².